The fourth-order valence-corrected chi connectivity index (χ4v) is 3.85. The van der Waals surface area contributed by atoms with E-state index >= 15 is 0 Å². The second-order valence-corrected chi connectivity index (χ2v) is 7.15. The van der Waals surface area contributed by atoms with Crippen LogP contribution in [0.3, 0.4) is 0 Å². The summed E-state index contributed by atoms with van der Waals surface area (Å²) >= 11 is 0. The summed E-state index contributed by atoms with van der Waals surface area (Å²) in [7, 11) is 6.56. The van der Waals surface area contributed by atoms with Crippen LogP contribution < -0.4 is 14.4 Å². The molecule has 0 amide bonds. The Hall–Kier alpha value is -3.52. The Balaban J connectivity index is 0.00000272. The number of fused-ring (bicyclic) bond motifs is 2. The van der Waals surface area contributed by atoms with Crippen LogP contribution >= 0.6 is 12.4 Å². The molecule has 3 aromatic carbocycles. The van der Waals surface area contributed by atoms with E-state index in [0.29, 0.717) is 33.9 Å². The number of carbonyl (C=O) groups is 1. The molecule has 31 heavy (non-hydrogen) atoms. The van der Waals surface area contributed by atoms with Gasteiger partial charge >= 0.3 is 5.97 Å². The van der Waals surface area contributed by atoms with E-state index in [1.165, 1.54) is 13.2 Å². The zero-order valence-corrected chi connectivity index (χ0v) is 18.2. The molecule has 3 aromatic rings. The number of rotatable bonds is 5. The minimum absolute atomic E-state index is 0. The summed E-state index contributed by atoms with van der Waals surface area (Å²) in [6.07, 6.45) is 0. The number of esters is 1. The number of ether oxygens (including phenoxy) is 3. The third-order valence-electron chi connectivity index (χ3n) is 5.23. The van der Waals surface area contributed by atoms with Crippen molar-refractivity contribution in [2.45, 2.75) is 6.61 Å². The van der Waals surface area contributed by atoms with Crippen molar-refractivity contribution < 1.29 is 23.9 Å². The highest BCUT2D eigenvalue weighted by Crippen LogP contribution is 2.44. The monoisotopic (exact) mass is 444 g/mol. The van der Waals surface area contributed by atoms with Gasteiger partial charge in [-0.3, -0.25) is 10.1 Å². The van der Waals surface area contributed by atoms with Crippen molar-refractivity contribution in [3.8, 4) is 22.6 Å². The van der Waals surface area contributed by atoms with Crippen LogP contribution in [0.5, 0.6) is 11.5 Å². The average molecular weight is 445 g/mol. The summed E-state index contributed by atoms with van der Waals surface area (Å²) in [4.78, 5) is 25.5. The Morgan fingerprint density at radius 1 is 1.03 bits per heavy atom. The molecule has 1 heterocycles. The smallest absolute Gasteiger partial charge is 0.339 e. The van der Waals surface area contributed by atoms with E-state index in [1.54, 1.807) is 44.3 Å². The highest BCUT2D eigenvalue weighted by atomic mass is 35.5. The van der Waals surface area contributed by atoms with E-state index in [9.17, 15) is 14.9 Å². The van der Waals surface area contributed by atoms with Gasteiger partial charge in [-0.25, -0.2) is 4.79 Å². The van der Waals surface area contributed by atoms with Crippen molar-refractivity contribution in [3.05, 3.63) is 57.6 Å². The Morgan fingerprint density at radius 3 is 2.32 bits per heavy atom. The molecule has 4 rings (SSSR count). The fourth-order valence-electron chi connectivity index (χ4n) is 3.85. The molecule has 0 aliphatic carbocycles. The van der Waals surface area contributed by atoms with Crippen molar-refractivity contribution in [1.82, 2.24) is 0 Å². The molecule has 0 aromatic heterocycles. The highest BCUT2D eigenvalue weighted by molar-refractivity contribution is 6.11. The van der Waals surface area contributed by atoms with E-state index in [-0.39, 0.29) is 24.7 Å². The molecular formula is C22H21ClN2O6. The van der Waals surface area contributed by atoms with Gasteiger partial charge in [-0.2, -0.15) is 0 Å². The normalized spacial score (nSPS) is 12.1. The first kappa shape index (κ1) is 22.2. The lowest BCUT2D eigenvalue weighted by molar-refractivity contribution is -0.384. The molecule has 162 valence electrons. The first-order valence-corrected chi connectivity index (χ1v) is 9.20. The lowest BCUT2D eigenvalue weighted by Gasteiger charge is -2.17. The third kappa shape index (κ3) is 3.59. The molecule has 0 bridgehead atoms. The molecule has 9 heteroatoms. The predicted octanol–water partition coefficient (Wildman–Crippen LogP) is 4.59. The largest absolute Gasteiger partial charge is 0.493 e. The maximum Gasteiger partial charge on any atom is 0.339 e. The quantitative estimate of drug-likeness (QED) is 0.323. The number of benzene rings is 3. The zero-order valence-electron chi connectivity index (χ0n) is 17.4. The molecule has 0 atom stereocenters. The van der Waals surface area contributed by atoms with E-state index < -0.39 is 10.9 Å². The summed E-state index contributed by atoms with van der Waals surface area (Å²) in [6, 6.07) is 10.4. The Bertz CT molecular complexity index is 1210. The fraction of sp³-hybridized carbons (Fsp3) is 0.227. The van der Waals surface area contributed by atoms with Gasteiger partial charge in [0.15, 0.2) is 11.5 Å². The number of methoxy groups -OCH3 is 2. The standard InChI is InChI=1S/C22H20N2O6.ClH/c1-23(2)16-6-5-12(8-17(16)24(26)27)20-15-10-19(29-4)18(28-3)9-13(15)7-14-11-30-22(25)21(14)20;/h5-10H,11H2,1-4H3;1H. The van der Waals surface area contributed by atoms with Crippen LogP contribution in [0.15, 0.2) is 36.4 Å². The van der Waals surface area contributed by atoms with Crippen LogP contribution in [0.4, 0.5) is 11.4 Å². The molecule has 1 aliphatic rings. The van der Waals surface area contributed by atoms with Gasteiger partial charge in [0.1, 0.15) is 12.3 Å². The summed E-state index contributed by atoms with van der Waals surface area (Å²) in [5.41, 5.74) is 2.72. The van der Waals surface area contributed by atoms with Crippen LogP contribution in [0.25, 0.3) is 21.9 Å². The van der Waals surface area contributed by atoms with Gasteiger partial charge in [-0.1, -0.05) is 6.07 Å². The molecule has 0 N–H and O–H groups in total. The van der Waals surface area contributed by atoms with Gasteiger partial charge in [0.2, 0.25) is 0 Å². The molecule has 0 unspecified atom stereocenters. The zero-order chi connectivity index (χ0) is 21.6. The summed E-state index contributed by atoms with van der Waals surface area (Å²) in [5, 5.41) is 13.2. The Labute approximate surface area is 184 Å². The van der Waals surface area contributed by atoms with Crippen molar-refractivity contribution in [2.24, 2.45) is 0 Å². The lowest BCUT2D eigenvalue weighted by atomic mass is 9.90. The van der Waals surface area contributed by atoms with Crippen molar-refractivity contribution >= 4 is 40.5 Å². The van der Waals surface area contributed by atoms with Gasteiger partial charge in [-0.15, -0.1) is 12.4 Å². The summed E-state index contributed by atoms with van der Waals surface area (Å²) < 4.78 is 16.1. The topological polar surface area (TPSA) is 91.1 Å². The lowest BCUT2D eigenvalue weighted by Crippen LogP contribution is -2.11. The second-order valence-electron chi connectivity index (χ2n) is 7.15. The minimum Gasteiger partial charge on any atom is -0.493 e. The summed E-state index contributed by atoms with van der Waals surface area (Å²) in [6.45, 7) is 0.156. The first-order chi connectivity index (χ1) is 14.3. The number of carbonyl (C=O) groups excluding carboxylic acids is 1. The summed E-state index contributed by atoms with van der Waals surface area (Å²) in [5.74, 6) is 0.600. The minimum atomic E-state index is -0.448. The Morgan fingerprint density at radius 2 is 1.71 bits per heavy atom. The number of anilines is 1. The number of nitro groups is 1. The van der Waals surface area contributed by atoms with E-state index in [4.69, 9.17) is 14.2 Å². The van der Waals surface area contributed by atoms with Gasteiger partial charge < -0.3 is 19.1 Å². The molecular weight excluding hydrogens is 424 g/mol. The number of hydrogen-bond acceptors (Lipinski definition) is 7. The Kier molecular flexibility index (Phi) is 5.94. The predicted molar refractivity (Wildman–Crippen MR) is 120 cm³/mol. The number of halogens is 1. The molecule has 8 nitrogen and oxygen atoms in total. The van der Waals surface area contributed by atoms with Gasteiger partial charge in [0, 0.05) is 31.3 Å². The van der Waals surface area contributed by atoms with Crippen LogP contribution in [0.1, 0.15) is 15.9 Å². The molecule has 0 radical (unpaired) electrons. The van der Waals surface area contributed by atoms with Crippen LogP contribution in [0.2, 0.25) is 0 Å². The molecule has 1 aliphatic heterocycles. The SMILES string of the molecule is COc1cc2cc3c(c(-c4ccc(N(C)C)c([N+](=O)[O-])c4)c2cc1OC)C(=O)OC3.Cl. The molecule has 0 saturated carbocycles. The van der Waals surface area contributed by atoms with Crippen molar-refractivity contribution in [2.75, 3.05) is 33.2 Å². The number of nitrogens with zero attached hydrogens (tertiary/aromatic N) is 2. The second kappa shape index (κ2) is 8.31. The van der Waals surface area contributed by atoms with E-state index in [1.807, 2.05) is 12.1 Å². The molecule has 0 spiro atoms. The third-order valence-corrected chi connectivity index (χ3v) is 5.23. The number of nitro benzene ring substituents is 1. The van der Waals surface area contributed by atoms with Crippen LogP contribution in [-0.4, -0.2) is 39.2 Å². The van der Waals surface area contributed by atoms with Gasteiger partial charge in [-0.05, 0) is 40.6 Å². The van der Waals surface area contributed by atoms with Crippen molar-refractivity contribution in [1.29, 1.82) is 0 Å². The average Bonchev–Trinajstić information content (AvgIpc) is 3.10. The number of hydrogen-bond donors (Lipinski definition) is 0. The van der Waals surface area contributed by atoms with Crippen LogP contribution in [-0.2, 0) is 11.3 Å². The molecule has 0 fully saturated rings. The van der Waals surface area contributed by atoms with Crippen LogP contribution in [0, 0.1) is 10.1 Å². The molecule has 0 saturated heterocycles. The first-order valence-electron chi connectivity index (χ1n) is 9.20. The maximum absolute atomic E-state index is 12.6. The highest BCUT2D eigenvalue weighted by Gasteiger charge is 2.29. The maximum atomic E-state index is 12.6. The van der Waals surface area contributed by atoms with Crippen molar-refractivity contribution in [3.63, 3.8) is 0 Å². The van der Waals surface area contributed by atoms with Gasteiger partial charge in [0.25, 0.3) is 5.69 Å². The van der Waals surface area contributed by atoms with Gasteiger partial charge in [0.05, 0.1) is 24.7 Å². The van der Waals surface area contributed by atoms with E-state index in [0.717, 1.165) is 16.3 Å². The number of cyclic esters (lactones) is 1. The van der Waals surface area contributed by atoms with E-state index in [2.05, 4.69) is 0 Å².